The van der Waals surface area contributed by atoms with E-state index in [1.54, 1.807) is 31.5 Å². The average molecular weight is 376 g/mol. The van der Waals surface area contributed by atoms with E-state index >= 15 is 0 Å². The summed E-state index contributed by atoms with van der Waals surface area (Å²) in [5.41, 5.74) is 0.684. The molecule has 26 heavy (non-hydrogen) atoms. The topological polar surface area (TPSA) is 40.6 Å². The van der Waals surface area contributed by atoms with Crippen LogP contribution in [0.25, 0.3) is 0 Å². The number of methoxy groups -OCH3 is 1. The molecule has 2 heterocycles. The van der Waals surface area contributed by atoms with Crippen LogP contribution >= 0.6 is 11.6 Å². The van der Waals surface area contributed by atoms with Crippen molar-refractivity contribution in [2.24, 2.45) is 0 Å². The number of hydrogen-bond donors (Lipinski definition) is 0. The first-order valence-electron chi connectivity index (χ1n) is 8.29. The second kappa shape index (κ2) is 8.50. The summed E-state index contributed by atoms with van der Waals surface area (Å²) in [6.07, 6.45) is 2.96. The Hall–Kier alpha value is -2.13. The monoisotopic (exact) mass is 375 g/mol. The molecule has 1 aromatic carbocycles. The van der Waals surface area contributed by atoms with Crippen molar-refractivity contribution >= 4 is 11.6 Å². The molecular weight excluding hydrogens is 357 g/mol. The van der Waals surface area contributed by atoms with Gasteiger partial charge >= 0.3 is 0 Å². The van der Waals surface area contributed by atoms with E-state index in [0.29, 0.717) is 42.5 Å². The van der Waals surface area contributed by atoms with Crippen molar-refractivity contribution in [1.82, 2.24) is 4.98 Å². The van der Waals surface area contributed by atoms with E-state index in [2.05, 4.69) is 16.8 Å². The van der Waals surface area contributed by atoms with Gasteiger partial charge in [0.05, 0.1) is 10.6 Å². The molecule has 1 aromatic heterocycles. The number of aromatic nitrogens is 1. The number of ether oxygens (including phenoxy) is 3. The van der Waals surface area contributed by atoms with Gasteiger partial charge in [0.25, 0.3) is 0 Å². The van der Waals surface area contributed by atoms with E-state index in [1.165, 1.54) is 12.1 Å². The second-order valence-electron chi connectivity index (χ2n) is 5.91. The van der Waals surface area contributed by atoms with Crippen LogP contribution in [-0.2, 0) is 15.1 Å². The highest BCUT2D eigenvalue weighted by Crippen LogP contribution is 2.37. The third kappa shape index (κ3) is 4.34. The fourth-order valence-electron chi connectivity index (χ4n) is 2.94. The first-order chi connectivity index (χ1) is 12.6. The fourth-order valence-corrected chi connectivity index (χ4v) is 3.11. The smallest absolute Gasteiger partial charge is 0.149 e. The van der Waals surface area contributed by atoms with Crippen molar-refractivity contribution in [3.05, 3.63) is 58.6 Å². The molecule has 0 radical (unpaired) electrons. The molecule has 0 unspecified atom stereocenters. The quantitative estimate of drug-likeness (QED) is 0.758. The Bertz CT molecular complexity index is 825. The number of rotatable bonds is 4. The fraction of sp³-hybridized carbons (Fsp3) is 0.350. The molecule has 1 aliphatic heterocycles. The van der Waals surface area contributed by atoms with Gasteiger partial charge in [-0.15, -0.1) is 0 Å². The molecule has 6 heteroatoms. The molecular formula is C20H19ClFNO3. The van der Waals surface area contributed by atoms with E-state index in [-0.39, 0.29) is 12.4 Å². The van der Waals surface area contributed by atoms with Gasteiger partial charge < -0.3 is 14.2 Å². The van der Waals surface area contributed by atoms with Crippen LogP contribution in [-0.4, -0.2) is 31.9 Å². The number of pyridine rings is 1. The van der Waals surface area contributed by atoms with E-state index in [0.717, 1.165) is 5.56 Å². The molecule has 1 fully saturated rings. The lowest BCUT2D eigenvalue weighted by atomic mass is 9.86. The normalized spacial score (nSPS) is 15.8. The molecule has 0 amide bonds. The summed E-state index contributed by atoms with van der Waals surface area (Å²) < 4.78 is 30.8. The molecule has 2 aromatic rings. The summed E-state index contributed by atoms with van der Waals surface area (Å²) in [7, 11) is 1.64. The zero-order chi connectivity index (χ0) is 18.4. The van der Waals surface area contributed by atoms with Crippen molar-refractivity contribution in [3.63, 3.8) is 0 Å². The van der Waals surface area contributed by atoms with Crippen molar-refractivity contribution < 1.29 is 18.6 Å². The molecule has 1 aliphatic rings. The van der Waals surface area contributed by atoms with Gasteiger partial charge in [-0.2, -0.15) is 0 Å². The van der Waals surface area contributed by atoms with Crippen molar-refractivity contribution in [3.8, 4) is 17.6 Å². The Morgan fingerprint density at radius 3 is 2.85 bits per heavy atom. The van der Waals surface area contributed by atoms with Gasteiger partial charge in [0.2, 0.25) is 0 Å². The van der Waals surface area contributed by atoms with E-state index in [1.807, 2.05) is 0 Å². The number of benzene rings is 1. The minimum absolute atomic E-state index is 0.0961. The van der Waals surface area contributed by atoms with Crippen LogP contribution in [0.3, 0.4) is 0 Å². The van der Waals surface area contributed by atoms with Gasteiger partial charge in [0, 0.05) is 45.4 Å². The maximum atomic E-state index is 14.1. The Morgan fingerprint density at radius 1 is 1.31 bits per heavy atom. The predicted octanol–water partition coefficient (Wildman–Crippen LogP) is 3.96. The third-order valence-corrected chi connectivity index (χ3v) is 4.67. The van der Waals surface area contributed by atoms with Gasteiger partial charge in [-0.25, -0.2) is 9.37 Å². The maximum absolute atomic E-state index is 14.1. The first-order valence-corrected chi connectivity index (χ1v) is 8.67. The molecule has 0 spiro atoms. The van der Waals surface area contributed by atoms with Crippen molar-refractivity contribution in [2.75, 3.05) is 26.9 Å². The Morgan fingerprint density at radius 2 is 2.12 bits per heavy atom. The molecule has 0 atom stereocenters. The van der Waals surface area contributed by atoms with Crippen LogP contribution in [0.15, 0.2) is 36.5 Å². The predicted molar refractivity (Wildman–Crippen MR) is 96.8 cm³/mol. The van der Waals surface area contributed by atoms with Gasteiger partial charge in [-0.1, -0.05) is 17.5 Å². The summed E-state index contributed by atoms with van der Waals surface area (Å²) in [4.78, 5) is 4.08. The lowest BCUT2D eigenvalue weighted by Crippen LogP contribution is -2.35. The maximum Gasteiger partial charge on any atom is 0.149 e. The van der Waals surface area contributed by atoms with Crippen LogP contribution < -0.4 is 4.74 Å². The zero-order valence-electron chi connectivity index (χ0n) is 14.4. The number of hydrogen-bond acceptors (Lipinski definition) is 4. The molecule has 4 nitrogen and oxygen atoms in total. The van der Waals surface area contributed by atoms with Crippen LogP contribution in [0, 0.1) is 17.7 Å². The lowest BCUT2D eigenvalue weighted by molar-refractivity contribution is -0.0950. The molecule has 3 rings (SSSR count). The van der Waals surface area contributed by atoms with Gasteiger partial charge in [-0.3, -0.25) is 0 Å². The minimum Gasteiger partial charge on any atom is -0.481 e. The second-order valence-corrected chi connectivity index (χ2v) is 6.32. The summed E-state index contributed by atoms with van der Waals surface area (Å²) in [6.45, 7) is 1.26. The SMILES string of the molecule is COC1(c2cc(F)cc(OCC#Cc3ncccc3Cl)c2)CCOCC1. The van der Waals surface area contributed by atoms with Crippen LogP contribution in [0.1, 0.15) is 24.1 Å². The molecule has 0 saturated carbocycles. The van der Waals surface area contributed by atoms with Crippen molar-refractivity contribution in [1.29, 1.82) is 0 Å². The standard InChI is InChI=1S/C20H19ClFNO3/c1-24-20(6-10-25-11-7-20)15-12-16(22)14-17(13-15)26-9-3-5-19-18(21)4-2-8-23-19/h2,4,8,12-14H,6-7,9-11H2,1H3. The minimum atomic E-state index is -0.550. The van der Waals surface area contributed by atoms with Crippen LogP contribution in [0.2, 0.25) is 5.02 Å². The summed E-state index contributed by atoms with van der Waals surface area (Å²) in [6, 6.07) is 8.08. The molecule has 0 bridgehead atoms. The molecule has 0 N–H and O–H groups in total. The van der Waals surface area contributed by atoms with Crippen molar-refractivity contribution in [2.45, 2.75) is 18.4 Å². The Labute approximate surface area is 157 Å². The number of nitrogens with zero attached hydrogens (tertiary/aromatic N) is 1. The van der Waals surface area contributed by atoms with E-state index < -0.39 is 5.60 Å². The Balaban J connectivity index is 1.73. The van der Waals surface area contributed by atoms with Gasteiger partial charge in [-0.05, 0) is 35.7 Å². The van der Waals surface area contributed by atoms with E-state index in [9.17, 15) is 4.39 Å². The molecule has 0 aliphatic carbocycles. The highest BCUT2D eigenvalue weighted by Gasteiger charge is 2.35. The first kappa shape index (κ1) is 18.7. The van der Waals surface area contributed by atoms with Gasteiger partial charge in [0.1, 0.15) is 23.9 Å². The molecule has 136 valence electrons. The van der Waals surface area contributed by atoms with E-state index in [4.69, 9.17) is 25.8 Å². The Kier molecular flexibility index (Phi) is 6.10. The summed E-state index contributed by atoms with van der Waals surface area (Å²) >= 11 is 6.00. The van der Waals surface area contributed by atoms with Gasteiger partial charge in [0.15, 0.2) is 0 Å². The summed E-state index contributed by atoms with van der Waals surface area (Å²) in [5.74, 6) is 5.71. The van der Waals surface area contributed by atoms with Crippen LogP contribution in [0.5, 0.6) is 5.75 Å². The zero-order valence-corrected chi connectivity index (χ0v) is 15.2. The highest BCUT2D eigenvalue weighted by molar-refractivity contribution is 6.31. The highest BCUT2D eigenvalue weighted by atomic mass is 35.5. The summed E-state index contributed by atoms with van der Waals surface area (Å²) in [5, 5.41) is 0.481. The molecule has 1 saturated heterocycles. The lowest BCUT2D eigenvalue weighted by Gasteiger charge is -2.36. The van der Waals surface area contributed by atoms with Crippen LogP contribution in [0.4, 0.5) is 4.39 Å². The third-order valence-electron chi connectivity index (χ3n) is 4.36. The largest absolute Gasteiger partial charge is 0.481 e. The number of halogens is 2. The average Bonchev–Trinajstić information content (AvgIpc) is 2.66.